The van der Waals surface area contributed by atoms with E-state index < -0.39 is 0 Å². The number of hydrogen-bond acceptors (Lipinski definition) is 2. The van der Waals surface area contributed by atoms with E-state index in [1.54, 1.807) is 6.07 Å². The normalized spacial score (nSPS) is 24.9. The molecule has 3 heteroatoms. The number of rotatable bonds is 3. The highest BCUT2D eigenvalue weighted by Crippen LogP contribution is 2.31. The molecule has 1 fully saturated rings. The van der Waals surface area contributed by atoms with Crippen LogP contribution in [0.2, 0.25) is 0 Å². The van der Waals surface area contributed by atoms with Crippen molar-refractivity contribution in [2.75, 3.05) is 13.1 Å². The number of benzene rings is 1. The number of aryl methyl sites for hydroxylation is 1. The molecular weight excluding hydrogens is 239 g/mol. The molecule has 1 aliphatic rings. The van der Waals surface area contributed by atoms with Crippen LogP contribution < -0.4 is 5.73 Å². The monoisotopic (exact) mass is 264 g/mol. The molecule has 1 aromatic rings. The van der Waals surface area contributed by atoms with Crippen molar-refractivity contribution >= 4 is 0 Å². The average Bonchev–Trinajstić information content (AvgIpc) is 2.32. The molecule has 2 nitrogen and oxygen atoms in total. The lowest BCUT2D eigenvalue weighted by Crippen LogP contribution is -2.47. The predicted octanol–water partition coefficient (Wildman–Crippen LogP) is 3.25. The highest BCUT2D eigenvalue weighted by Gasteiger charge is 2.30. The van der Waals surface area contributed by atoms with Crippen LogP contribution in [0.25, 0.3) is 0 Å². The maximum atomic E-state index is 13.4. The van der Waals surface area contributed by atoms with Crippen molar-refractivity contribution in [1.82, 2.24) is 4.90 Å². The number of halogens is 1. The lowest BCUT2D eigenvalue weighted by molar-refractivity contribution is 0.114. The van der Waals surface area contributed by atoms with Crippen LogP contribution >= 0.6 is 0 Å². The van der Waals surface area contributed by atoms with Crippen molar-refractivity contribution in [3.05, 3.63) is 35.1 Å². The fourth-order valence-electron chi connectivity index (χ4n) is 3.08. The molecule has 0 aromatic heterocycles. The average molecular weight is 264 g/mol. The maximum absolute atomic E-state index is 13.4. The van der Waals surface area contributed by atoms with E-state index in [1.165, 1.54) is 0 Å². The summed E-state index contributed by atoms with van der Waals surface area (Å²) >= 11 is 0. The Morgan fingerprint density at radius 1 is 1.42 bits per heavy atom. The zero-order valence-electron chi connectivity index (χ0n) is 12.2. The zero-order chi connectivity index (χ0) is 14.0. The van der Waals surface area contributed by atoms with Crippen LogP contribution in [-0.2, 0) is 0 Å². The first-order valence-electron chi connectivity index (χ1n) is 7.24. The molecule has 0 aliphatic carbocycles. The van der Waals surface area contributed by atoms with Crippen LogP contribution in [0.5, 0.6) is 0 Å². The van der Waals surface area contributed by atoms with Crippen LogP contribution in [-0.4, -0.2) is 24.0 Å². The van der Waals surface area contributed by atoms with Gasteiger partial charge in [0, 0.05) is 18.6 Å². The quantitative estimate of drug-likeness (QED) is 0.908. The first-order chi connectivity index (χ1) is 8.99. The highest BCUT2D eigenvalue weighted by molar-refractivity contribution is 5.28. The molecule has 106 valence electrons. The molecule has 2 N–H and O–H groups in total. The molecule has 0 bridgehead atoms. The summed E-state index contributed by atoms with van der Waals surface area (Å²) in [5.41, 5.74) is 8.20. The van der Waals surface area contributed by atoms with E-state index >= 15 is 0 Å². The van der Waals surface area contributed by atoms with Crippen LogP contribution in [0.1, 0.15) is 43.9 Å². The maximum Gasteiger partial charge on any atom is 0.126 e. The molecular formula is C16H25FN2. The number of likely N-dealkylation sites (tertiary alicyclic amines) is 1. The van der Waals surface area contributed by atoms with E-state index in [-0.39, 0.29) is 17.9 Å². The van der Waals surface area contributed by atoms with Crippen LogP contribution in [0.4, 0.5) is 4.39 Å². The van der Waals surface area contributed by atoms with Gasteiger partial charge in [-0.2, -0.15) is 0 Å². The third-order valence-electron chi connectivity index (χ3n) is 3.90. The van der Waals surface area contributed by atoms with Crippen molar-refractivity contribution in [2.45, 2.75) is 45.7 Å². The second-order valence-corrected chi connectivity index (χ2v) is 6.15. The van der Waals surface area contributed by atoms with Gasteiger partial charge in [-0.25, -0.2) is 4.39 Å². The summed E-state index contributed by atoms with van der Waals surface area (Å²) < 4.78 is 13.4. The Morgan fingerprint density at radius 2 is 2.16 bits per heavy atom. The van der Waals surface area contributed by atoms with Gasteiger partial charge >= 0.3 is 0 Å². The van der Waals surface area contributed by atoms with Gasteiger partial charge in [-0.05, 0) is 49.4 Å². The molecule has 2 atom stereocenters. The van der Waals surface area contributed by atoms with Gasteiger partial charge in [0.15, 0.2) is 0 Å². The number of piperidine rings is 1. The van der Waals surface area contributed by atoms with Crippen molar-refractivity contribution in [1.29, 1.82) is 0 Å². The summed E-state index contributed by atoms with van der Waals surface area (Å²) in [6.07, 6.45) is 2.21. The lowest BCUT2D eigenvalue weighted by Gasteiger charge is -2.41. The molecule has 0 amide bonds. The fourth-order valence-corrected chi connectivity index (χ4v) is 3.08. The van der Waals surface area contributed by atoms with Crippen molar-refractivity contribution in [2.24, 2.45) is 11.7 Å². The Morgan fingerprint density at radius 3 is 2.79 bits per heavy atom. The standard InChI is InChI=1S/C16H25FN2/c1-11(2)10-19-8-4-5-15(18)16(19)13-6-7-14(17)12(3)9-13/h6-7,9,11,15-16H,4-5,8,10,18H2,1-3H3. The predicted molar refractivity (Wildman–Crippen MR) is 77.5 cm³/mol. The zero-order valence-corrected chi connectivity index (χ0v) is 12.2. The summed E-state index contributed by atoms with van der Waals surface area (Å²) in [5.74, 6) is 0.484. The molecule has 0 radical (unpaired) electrons. The summed E-state index contributed by atoms with van der Waals surface area (Å²) in [5, 5.41) is 0. The summed E-state index contributed by atoms with van der Waals surface area (Å²) in [6.45, 7) is 8.42. The van der Waals surface area contributed by atoms with Gasteiger partial charge in [-0.1, -0.05) is 26.0 Å². The number of nitrogens with two attached hydrogens (primary N) is 1. The van der Waals surface area contributed by atoms with Gasteiger partial charge in [0.25, 0.3) is 0 Å². The number of nitrogens with zero attached hydrogens (tertiary/aromatic N) is 1. The summed E-state index contributed by atoms with van der Waals surface area (Å²) in [4.78, 5) is 2.46. The minimum Gasteiger partial charge on any atom is -0.326 e. The van der Waals surface area contributed by atoms with E-state index in [0.29, 0.717) is 11.5 Å². The largest absolute Gasteiger partial charge is 0.326 e. The number of hydrogen-bond donors (Lipinski definition) is 1. The van der Waals surface area contributed by atoms with Crippen LogP contribution in [0.3, 0.4) is 0 Å². The minimum absolute atomic E-state index is 0.136. The minimum atomic E-state index is -0.136. The van der Waals surface area contributed by atoms with E-state index in [0.717, 1.165) is 31.5 Å². The first-order valence-corrected chi connectivity index (χ1v) is 7.24. The molecule has 1 heterocycles. The second-order valence-electron chi connectivity index (χ2n) is 6.15. The van der Waals surface area contributed by atoms with Crippen molar-refractivity contribution in [3.8, 4) is 0 Å². The fraction of sp³-hybridized carbons (Fsp3) is 0.625. The second kappa shape index (κ2) is 6.02. The van der Waals surface area contributed by atoms with Gasteiger partial charge in [0.05, 0.1) is 0 Å². The van der Waals surface area contributed by atoms with Crippen LogP contribution in [0.15, 0.2) is 18.2 Å². The van der Waals surface area contributed by atoms with Crippen molar-refractivity contribution in [3.63, 3.8) is 0 Å². The molecule has 0 spiro atoms. The van der Waals surface area contributed by atoms with Crippen LogP contribution in [0, 0.1) is 18.7 Å². The topological polar surface area (TPSA) is 29.3 Å². The molecule has 1 aliphatic heterocycles. The van der Waals surface area contributed by atoms with Gasteiger partial charge in [0.1, 0.15) is 5.82 Å². The Bertz CT molecular complexity index is 431. The van der Waals surface area contributed by atoms with Crippen molar-refractivity contribution < 1.29 is 4.39 Å². The lowest BCUT2D eigenvalue weighted by atomic mass is 9.89. The van der Waals surface area contributed by atoms with E-state index in [1.807, 2.05) is 19.1 Å². The Labute approximate surface area is 115 Å². The molecule has 2 rings (SSSR count). The third-order valence-corrected chi connectivity index (χ3v) is 3.90. The van der Waals surface area contributed by atoms with Gasteiger partial charge in [-0.3, -0.25) is 4.90 Å². The molecule has 19 heavy (non-hydrogen) atoms. The smallest absolute Gasteiger partial charge is 0.126 e. The van der Waals surface area contributed by atoms with E-state index in [4.69, 9.17) is 5.73 Å². The van der Waals surface area contributed by atoms with Gasteiger partial charge < -0.3 is 5.73 Å². The SMILES string of the molecule is Cc1cc(C2C(N)CCCN2CC(C)C)ccc1F. The molecule has 1 aromatic carbocycles. The van der Waals surface area contributed by atoms with Gasteiger partial charge in [-0.15, -0.1) is 0 Å². The third kappa shape index (κ3) is 3.34. The Hall–Kier alpha value is -0.930. The summed E-state index contributed by atoms with van der Waals surface area (Å²) in [7, 11) is 0. The molecule has 2 unspecified atom stereocenters. The van der Waals surface area contributed by atoms with E-state index in [9.17, 15) is 4.39 Å². The van der Waals surface area contributed by atoms with E-state index in [2.05, 4.69) is 18.7 Å². The molecule has 1 saturated heterocycles. The van der Waals surface area contributed by atoms with Gasteiger partial charge in [0.2, 0.25) is 0 Å². The summed E-state index contributed by atoms with van der Waals surface area (Å²) in [6, 6.07) is 5.80. The Kier molecular flexibility index (Phi) is 4.58. The molecule has 0 saturated carbocycles. The Balaban J connectivity index is 2.27. The first kappa shape index (κ1) is 14.5. The highest BCUT2D eigenvalue weighted by atomic mass is 19.1.